The van der Waals surface area contributed by atoms with Crippen molar-refractivity contribution in [3.8, 4) is 5.88 Å². The van der Waals surface area contributed by atoms with Gasteiger partial charge in [-0.25, -0.2) is 4.98 Å². The summed E-state index contributed by atoms with van der Waals surface area (Å²) in [5.41, 5.74) is 0.841. The fourth-order valence-electron chi connectivity index (χ4n) is 1.46. The van der Waals surface area contributed by atoms with E-state index in [2.05, 4.69) is 42.2 Å². The number of methoxy groups -OCH3 is 1. The van der Waals surface area contributed by atoms with Crippen LogP contribution < -0.4 is 10.1 Å². The number of hydrogen-bond donors (Lipinski definition) is 1. The molecule has 2 rings (SSSR count). The van der Waals surface area contributed by atoms with Crippen LogP contribution in [0, 0.1) is 0 Å². The molecule has 0 spiro atoms. The Kier molecular flexibility index (Phi) is 4.95. The molecular weight excluding hydrogens is 396 g/mol. The van der Waals surface area contributed by atoms with Crippen LogP contribution in [0.15, 0.2) is 32.7 Å². The number of carbonyl (C=O) groups excluding carboxylic acids is 1. The Hall–Kier alpha value is -0.920. The van der Waals surface area contributed by atoms with Crippen molar-refractivity contribution in [3.63, 3.8) is 0 Å². The molecule has 19 heavy (non-hydrogen) atoms. The quantitative estimate of drug-likeness (QED) is 0.845. The van der Waals surface area contributed by atoms with E-state index >= 15 is 0 Å². The van der Waals surface area contributed by atoms with Crippen LogP contribution in [-0.4, -0.2) is 18.0 Å². The molecule has 7 heteroatoms. The second kappa shape index (κ2) is 6.49. The van der Waals surface area contributed by atoms with E-state index in [1.807, 2.05) is 12.1 Å². The van der Waals surface area contributed by atoms with Crippen LogP contribution in [-0.2, 0) is 6.54 Å². The molecule has 0 aromatic carbocycles. The first kappa shape index (κ1) is 14.5. The lowest BCUT2D eigenvalue weighted by Gasteiger charge is -2.07. The van der Waals surface area contributed by atoms with Crippen LogP contribution in [0.3, 0.4) is 0 Å². The lowest BCUT2D eigenvalue weighted by Crippen LogP contribution is -2.22. The zero-order valence-corrected chi connectivity index (χ0v) is 13.9. The van der Waals surface area contributed by atoms with Gasteiger partial charge in [0.25, 0.3) is 5.91 Å². The highest BCUT2D eigenvalue weighted by molar-refractivity contribution is 9.13. The molecule has 2 aromatic rings. The van der Waals surface area contributed by atoms with Gasteiger partial charge in [0.15, 0.2) is 0 Å². The second-order valence-electron chi connectivity index (χ2n) is 3.59. The summed E-state index contributed by atoms with van der Waals surface area (Å²) in [4.78, 5) is 16.7. The summed E-state index contributed by atoms with van der Waals surface area (Å²) < 4.78 is 6.91. The SMILES string of the molecule is COc1ncccc1CNC(=O)c1cc(Br)c(Br)s1. The van der Waals surface area contributed by atoms with Gasteiger partial charge in [0.2, 0.25) is 5.88 Å². The fraction of sp³-hybridized carbons (Fsp3) is 0.167. The molecule has 1 amide bonds. The molecule has 0 aliphatic heterocycles. The van der Waals surface area contributed by atoms with Crippen LogP contribution in [0.25, 0.3) is 0 Å². The number of thiophene rings is 1. The highest BCUT2D eigenvalue weighted by Gasteiger charge is 2.12. The molecule has 0 radical (unpaired) electrons. The first-order valence-corrected chi connectivity index (χ1v) is 7.73. The third-order valence-corrected chi connectivity index (χ3v) is 5.61. The molecule has 0 atom stereocenters. The predicted octanol–water partition coefficient (Wildman–Crippen LogP) is 3.61. The van der Waals surface area contributed by atoms with E-state index in [4.69, 9.17) is 4.74 Å². The predicted molar refractivity (Wildman–Crippen MR) is 81.7 cm³/mol. The number of amides is 1. The molecule has 0 bridgehead atoms. The lowest BCUT2D eigenvalue weighted by atomic mass is 10.2. The number of ether oxygens (including phenoxy) is 1. The smallest absolute Gasteiger partial charge is 0.261 e. The van der Waals surface area contributed by atoms with Gasteiger partial charge in [-0.05, 0) is 44.0 Å². The van der Waals surface area contributed by atoms with Crippen molar-refractivity contribution in [2.45, 2.75) is 6.54 Å². The highest BCUT2D eigenvalue weighted by atomic mass is 79.9. The van der Waals surface area contributed by atoms with E-state index in [1.54, 1.807) is 19.4 Å². The van der Waals surface area contributed by atoms with Gasteiger partial charge in [-0.15, -0.1) is 11.3 Å². The third kappa shape index (κ3) is 3.55. The van der Waals surface area contributed by atoms with Crippen molar-refractivity contribution >= 4 is 49.1 Å². The molecule has 1 N–H and O–H groups in total. The highest BCUT2D eigenvalue weighted by Crippen LogP contribution is 2.32. The number of nitrogens with zero attached hydrogens (tertiary/aromatic N) is 1. The minimum absolute atomic E-state index is 0.123. The van der Waals surface area contributed by atoms with E-state index in [0.29, 0.717) is 17.3 Å². The van der Waals surface area contributed by atoms with Crippen LogP contribution >= 0.6 is 43.2 Å². The lowest BCUT2D eigenvalue weighted by molar-refractivity contribution is 0.0954. The molecule has 4 nitrogen and oxygen atoms in total. The number of aromatic nitrogens is 1. The first-order chi connectivity index (χ1) is 9.11. The second-order valence-corrected chi connectivity index (χ2v) is 6.81. The summed E-state index contributed by atoms with van der Waals surface area (Å²) in [5.74, 6) is 0.402. The molecule has 0 aliphatic carbocycles. The maximum absolute atomic E-state index is 12.0. The maximum atomic E-state index is 12.0. The molecule has 100 valence electrons. The fourth-order valence-corrected chi connectivity index (χ4v) is 3.42. The number of rotatable bonds is 4. The molecule has 2 aromatic heterocycles. The third-order valence-electron chi connectivity index (χ3n) is 2.35. The molecule has 0 unspecified atom stereocenters. The summed E-state index contributed by atoms with van der Waals surface area (Å²) in [7, 11) is 1.56. The van der Waals surface area contributed by atoms with Crippen molar-refractivity contribution in [1.29, 1.82) is 0 Å². The van der Waals surface area contributed by atoms with E-state index in [9.17, 15) is 4.79 Å². The summed E-state index contributed by atoms with van der Waals surface area (Å²) in [6.45, 7) is 0.378. The number of pyridine rings is 1. The summed E-state index contributed by atoms with van der Waals surface area (Å²) in [6.07, 6.45) is 1.65. The van der Waals surface area contributed by atoms with Gasteiger partial charge in [0, 0.05) is 22.8 Å². The zero-order valence-electron chi connectivity index (χ0n) is 9.94. The van der Waals surface area contributed by atoms with Gasteiger partial charge in [-0.3, -0.25) is 4.79 Å². The van der Waals surface area contributed by atoms with Crippen molar-refractivity contribution in [2.75, 3.05) is 7.11 Å². The van der Waals surface area contributed by atoms with Crippen molar-refractivity contribution in [1.82, 2.24) is 10.3 Å². The Morgan fingerprint density at radius 2 is 2.32 bits per heavy atom. The molecule has 0 saturated heterocycles. The van der Waals surface area contributed by atoms with Gasteiger partial charge < -0.3 is 10.1 Å². The number of nitrogens with one attached hydrogen (secondary N) is 1. The average Bonchev–Trinajstić information content (AvgIpc) is 2.76. The zero-order chi connectivity index (χ0) is 13.8. The summed E-state index contributed by atoms with van der Waals surface area (Å²) >= 11 is 8.10. The number of halogens is 2. The summed E-state index contributed by atoms with van der Waals surface area (Å²) in [5, 5.41) is 2.84. The first-order valence-electron chi connectivity index (χ1n) is 5.32. The Labute approximate surface area is 131 Å². The Balaban J connectivity index is 2.04. The Morgan fingerprint density at radius 1 is 1.53 bits per heavy atom. The minimum Gasteiger partial charge on any atom is -0.481 e. The van der Waals surface area contributed by atoms with E-state index in [0.717, 1.165) is 13.8 Å². The normalized spacial score (nSPS) is 10.3. The van der Waals surface area contributed by atoms with Crippen molar-refractivity contribution < 1.29 is 9.53 Å². The van der Waals surface area contributed by atoms with E-state index in [-0.39, 0.29) is 5.91 Å². The number of hydrogen-bond acceptors (Lipinski definition) is 4. The Morgan fingerprint density at radius 3 is 2.95 bits per heavy atom. The van der Waals surface area contributed by atoms with Crippen molar-refractivity contribution in [3.05, 3.63) is 43.1 Å². The van der Waals surface area contributed by atoms with Crippen molar-refractivity contribution in [2.24, 2.45) is 0 Å². The van der Waals surface area contributed by atoms with Crippen LogP contribution in [0.2, 0.25) is 0 Å². The molecule has 2 heterocycles. The van der Waals surface area contributed by atoms with Gasteiger partial charge in [0.1, 0.15) is 0 Å². The molecule has 0 aliphatic rings. The van der Waals surface area contributed by atoms with E-state index in [1.165, 1.54) is 11.3 Å². The van der Waals surface area contributed by atoms with Gasteiger partial charge >= 0.3 is 0 Å². The van der Waals surface area contributed by atoms with Gasteiger partial charge in [-0.1, -0.05) is 6.07 Å². The van der Waals surface area contributed by atoms with E-state index < -0.39 is 0 Å². The van der Waals surface area contributed by atoms with Crippen LogP contribution in [0.4, 0.5) is 0 Å². The van der Waals surface area contributed by atoms with Gasteiger partial charge in [-0.2, -0.15) is 0 Å². The van der Waals surface area contributed by atoms with Crippen LogP contribution in [0.1, 0.15) is 15.2 Å². The largest absolute Gasteiger partial charge is 0.481 e. The van der Waals surface area contributed by atoms with Crippen LogP contribution in [0.5, 0.6) is 5.88 Å². The van der Waals surface area contributed by atoms with Gasteiger partial charge in [0.05, 0.1) is 15.8 Å². The maximum Gasteiger partial charge on any atom is 0.261 e. The topological polar surface area (TPSA) is 51.2 Å². The number of carbonyl (C=O) groups is 1. The molecule has 0 fully saturated rings. The molecule has 0 saturated carbocycles. The average molecular weight is 406 g/mol. The molecular formula is C12H10Br2N2O2S. The Bertz CT molecular complexity index is 582. The standard InChI is InChI=1S/C12H10Br2N2O2S/c1-18-12-7(3-2-4-15-12)6-16-11(17)9-5-8(13)10(14)19-9/h2-5H,6H2,1H3,(H,16,17). The minimum atomic E-state index is -0.123. The monoisotopic (exact) mass is 404 g/mol. The summed E-state index contributed by atoms with van der Waals surface area (Å²) in [6, 6.07) is 5.46.